The maximum Gasteiger partial charge on any atom is 0.325 e. The first-order chi connectivity index (χ1) is 7.04. The fourth-order valence-corrected chi connectivity index (χ4v) is 1.33. The van der Waals surface area contributed by atoms with E-state index in [2.05, 4.69) is 4.74 Å². The van der Waals surface area contributed by atoms with Gasteiger partial charge in [-0.2, -0.15) is 0 Å². The van der Waals surface area contributed by atoms with Crippen LogP contribution in [0.5, 0.6) is 0 Å². The van der Waals surface area contributed by atoms with Gasteiger partial charge in [0.25, 0.3) is 0 Å². The molecule has 4 nitrogen and oxygen atoms in total. The lowest BCUT2D eigenvalue weighted by molar-refractivity contribution is -0.141. The van der Waals surface area contributed by atoms with E-state index in [1.165, 1.54) is 7.11 Å². The average Bonchev–Trinajstić information content (AvgIpc) is 2.64. The standard InChI is InChI=1S/C11H17NO3/c1-8(2)11(14)9-4-5-12(6-9)7-10(13)15-3/h4-6,8,11,14H,7H2,1-3H3. The van der Waals surface area contributed by atoms with E-state index < -0.39 is 6.10 Å². The van der Waals surface area contributed by atoms with E-state index in [4.69, 9.17) is 0 Å². The van der Waals surface area contributed by atoms with Gasteiger partial charge in [0.15, 0.2) is 0 Å². The van der Waals surface area contributed by atoms with Crippen LogP contribution < -0.4 is 0 Å². The third-order valence-corrected chi connectivity index (χ3v) is 2.29. The van der Waals surface area contributed by atoms with E-state index in [0.717, 1.165) is 5.56 Å². The van der Waals surface area contributed by atoms with Crippen LogP contribution in [-0.2, 0) is 16.1 Å². The van der Waals surface area contributed by atoms with Crippen LogP contribution in [-0.4, -0.2) is 22.8 Å². The van der Waals surface area contributed by atoms with Crippen molar-refractivity contribution in [3.05, 3.63) is 24.0 Å². The van der Waals surface area contributed by atoms with Gasteiger partial charge in [-0.3, -0.25) is 4.79 Å². The number of esters is 1. The molecule has 1 atom stereocenters. The number of carbonyl (C=O) groups is 1. The summed E-state index contributed by atoms with van der Waals surface area (Å²) in [5.74, 6) is -0.129. The topological polar surface area (TPSA) is 51.5 Å². The molecule has 1 rings (SSSR count). The number of carbonyl (C=O) groups excluding carboxylic acids is 1. The summed E-state index contributed by atoms with van der Waals surface area (Å²) >= 11 is 0. The molecule has 0 aromatic carbocycles. The molecule has 0 radical (unpaired) electrons. The summed E-state index contributed by atoms with van der Waals surface area (Å²) in [5, 5.41) is 9.77. The van der Waals surface area contributed by atoms with Crippen LogP contribution in [0.4, 0.5) is 0 Å². The summed E-state index contributed by atoms with van der Waals surface area (Å²) in [6.07, 6.45) is 3.04. The predicted molar refractivity (Wildman–Crippen MR) is 56.2 cm³/mol. The van der Waals surface area contributed by atoms with Gasteiger partial charge >= 0.3 is 5.97 Å². The molecular formula is C11H17NO3. The quantitative estimate of drug-likeness (QED) is 0.765. The van der Waals surface area contributed by atoms with E-state index in [1.54, 1.807) is 17.0 Å². The Morgan fingerprint density at radius 1 is 1.60 bits per heavy atom. The largest absolute Gasteiger partial charge is 0.468 e. The van der Waals surface area contributed by atoms with Crippen LogP contribution in [0.1, 0.15) is 25.5 Å². The zero-order valence-corrected chi connectivity index (χ0v) is 9.30. The summed E-state index contributed by atoms with van der Waals surface area (Å²) in [5.41, 5.74) is 0.828. The molecule has 0 aliphatic carbocycles. The molecule has 0 saturated carbocycles. The molecule has 0 aliphatic heterocycles. The first kappa shape index (κ1) is 11.8. The molecule has 4 heteroatoms. The van der Waals surface area contributed by atoms with Crippen molar-refractivity contribution in [2.75, 3.05) is 7.11 Å². The molecule has 0 bridgehead atoms. The smallest absolute Gasteiger partial charge is 0.325 e. The lowest BCUT2D eigenvalue weighted by atomic mass is 10.0. The Labute approximate surface area is 89.5 Å². The minimum absolute atomic E-state index is 0.166. The number of hydrogen-bond acceptors (Lipinski definition) is 3. The number of rotatable bonds is 4. The zero-order chi connectivity index (χ0) is 11.4. The highest BCUT2D eigenvalue weighted by Crippen LogP contribution is 2.21. The number of ether oxygens (including phenoxy) is 1. The Hall–Kier alpha value is -1.29. The number of aliphatic hydroxyl groups is 1. The van der Waals surface area contributed by atoms with Crippen LogP contribution in [0.3, 0.4) is 0 Å². The summed E-state index contributed by atoms with van der Waals surface area (Å²) in [7, 11) is 1.36. The van der Waals surface area contributed by atoms with Gasteiger partial charge in [0, 0.05) is 12.4 Å². The number of methoxy groups -OCH3 is 1. The Bertz CT molecular complexity index is 330. The Morgan fingerprint density at radius 3 is 2.80 bits per heavy atom. The Kier molecular flexibility index (Phi) is 3.91. The van der Waals surface area contributed by atoms with Gasteiger partial charge in [0.2, 0.25) is 0 Å². The van der Waals surface area contributed by atoms with Gasteiger partial charge in [-0.25, -0.2) is 0 Å². The van der Waals surface area contributed by atoms with Gasteiger partial charge in [-0.15, -0.1) is 0 Å². The minimum atomic E-state index is -0.483. The van der Waals surface area contributed by atoms with Crippen molar-refractivity contribution in [3.63, 3.8) is 0 Å². The van der Waals surface area contributed by atoms with Crippen molar-refractivity contribution < 1.29 is 14.6 Å². The maximum absolute atomic E-state index is 11.0. The van der Waals surface area contributed by atoms with Crippen molar-refractivity contribution in [1.29, 1.82) is 0 Å². The van der Waals surface area contributed by atoms with Crippen molar-refractivity contribution in [1.82, 2.24) is 4.57 Å². The van der Waals surface area contributed by atoms with Gasteiger partial charge < -0.3 is 14.4 Å². The monoisotopic (exact) mass is 211 g/mol. The highest BCUT2D eigenvalue weighted by molar-refractivity contribution is 5.68. The first-order valence-corrected chi connectivity index (χ1v) is 4.95. The lowest BCUT2D eigenvalue weighted by Gasteiger charge is -2.12. The molecule has 84 valence electrons. The highest BCUT2D eigenvalue weighted by Gasteiger charge is 2.13. The van der Waals surface area contributed by atoms with E-state index in [0.29, 0.717) is 0 Å². The Morgan fingerprint density at radius 2 is 2.27 bits per heavy atom. The molecule has 1 aromatic heterocycles. The minimum Gasteiger partial charge on any atom is -0.468 e. The second kappa shape index (κ2) is 4.98. The molecule has 0 spiro atoms. The van der Waals surface area contributed by atoms with E-state index in [9.17, 15) is 9.90 Å². The molecule has 1 heterocycles. The molecule has 0 aliphatic rings. The summed E-state index contributed by atoms with van der Waals surface area (Å²) in [6, 6.07) is 1.81. The van der Waals surface area contributed by atoms with Crippen LogP contribution in [0, 0.1) is 5.92 Å². The fraction of sp³-hybridized carbons (Fsp3) is 0.545. The summed E-state index contributed by atoms with van der Waals surface area (Å²) in [4.78, 5) is 11.0. The molecule has 0 amide bonds. The van der Waals surface area contributed by atoms with Gasteiger partial charge in [0.1, 0.15) is 6.54 Å². The molecule has 1 aromatic rings. The van der Waals surface area contributed by atoms with Crippen LogP contribution in [0.15, 0.2) is 18.5 Å². The van der Waals surface area contributed by atoms with Crippen LogP contribution in [0.25, 0.3) is 0 Å². The third kappa shape index (κ3) is 3.09. The maximum atomic E-state index is 11.0. The summed E-state index contributed by atoms with van der Waals surface area (Å²) < 4.78 is 6.25. The number of aromatic nitrogens is 1. The highest BCUT2D eigenvalue weighted by atomic mass is 16.5. The molecule has 1 N–H and O–H groups in total. The van der Waals surface area contributed by atoms with Gasteiger partial charge in [-0.05, 0) is 17.5 Å². The Balaban J connectivity index is 2.68. The second-order valence-electron chi connectivity index (χ2n) is 3.88. The molecular weight excluding hydrogens is 194 g/mol. The first-order valence-electron chi connectivity index (χ1n) is 4.95. The summed E-state index contributed by atoms with van der Waals surface area (Å²) in [6.45, 7) is 4.08. The van der Waals surface area contributed by atoms with Crippen LogP contribution in [0.2, 0.25) is 0 Å². The SMILES string of the molecule is COC(=O)Cn1ccc(C(O)C(C)C)c1. The number of hydrogen-bond donors (Lipinski definition) is 1. The van der Waals surface area contributed by atoms with Crippen molar-refractivity contribution in [3.8, 4) is 0 Å². The van der Waals surface area contributed by atoms with Gasteiger partial charge in [0.05, 0.1) is 13.2 Å². The van der Waals surface area contributed by atoms with Crippen molar-refractivity contribution in [2.24, 2.45) is 5.92 Å². The second-order valence-corrected chi connectivity index (χ2v) is 3.88. The number of nitrogens with zero attached hydrogens (tertiary/aromatic N) is 1. The average molecular weight is 211 g/mol. The zero-order valence-electron chi connectivity index (χ0n) is 9.30. The normalized spacial score (nSPS) is 12.9. The van der Waals surface area contributed by atoms with Crippen LogP contribution >= 0.6 is 0 Å². The van der Waals surface area contributed by atoms with Crippen molar-refractivity contribution in [2.45, 2.75) is 26.5 Å². The third-order valence-electron chi connectivity index (χ3n) is 2.29. The molecule has 1 unspecified atom stereocenters. The molecule has 15 heavy (non-hydrogen) atoms. The molecule has 0 fully saturated rings. The lowest BCUT2D eigenvalue weighted by Crippen LogP contribution is -2.10. The van der Waals surface area contributed by atoms with E-state index >= 15 is 0 Å². The van der Waals surface area contributed by atoms with Gasteiger partial charge in [-0.1, -0.05) is 13.8 Å². The van der Waals surface area contributed by atoms with E-state index in [1.807, 2.05) is 19.9 Å². The van der Waals surface area contributed by atoms with E-state index in [-0.39, 0.29) is 18.4 Å². The van der Waals surface area contributed by atoms with Crippen molar-refractivity contribution >= 4 is 5.97 Å². The number of aliphatic hydroxyl groups excluding tert-OH is 1. The predicted octanol–water partition coefficient (Wildman–Crippen LogP) is 1.35. The fourth-order valence-electron chi connectivity index (χ4n) is 1.33. The molecule has 0 saturated heterocycles.